The topological polar surface area (TPSA) is 52.0 Å². The second-order valence-corrected chi connectivity index (χ2v) is 2.17. The lowest BCUT2D eigenvalue weighted by Gasteiger charge is -2.01. The summed E-state index contributed by atoms with van der Waals surface area (Å²) in [5, 5.41) is 0. The van der Waals surface area contributed by atoms with Crippen molar-refractivity contribution >= 4 is 5.69 Å². The van der Waals surface area contributed by atoms with E-state index in [9.17, 15) is 8.78 Å². The van der Waals surface area contributed by atoms with Gasteiger partial charge in [0.1, 0.15) is 11.6 Å². The Balaban J connectivity index is 3.21. The van der Waals surface area contributed by atoms with Gasteiger partial charge in [-0.1, -0.05) is 0 Å². The van der Waals surface area contributed by atoms with Gasteiger partial charge >= 0.3 is 0 Å². The molecule has 0 saturated carbocycles. The molecule has 0 radical (unpaired) electrons. The zero-order valence-electron chi connectivity index (χ0n) is 5.77. The minimum Gasteiger partial charge on any atom is -0.396 e. The third-order valence-electron chi connectivity index (χ3n) is 1.39. The molecule has 1 aromatic rings. The minimum atomic E-state index is -0.750. The number of nitrogen functional groups attached to an aromatic ring is 1. The zero-order chi connectivity index (χ0) is 8.43. The van der Waals surface area contributed by atoms with Crippen molar-refractivity contribution in [3.63, 3.8) is 0 Å². The van der Waals surface area contributed by atoms with Gasteiger partial charge in [0.2, 0.25) is 0 Å². The summed E-state index contributed by atoms with van der Waals surface area (Å²) in [4.78, 5) is 0. The quantitative estimate of drug-likeness (QED) is 0.599. The molecule has 0 aromatic heterocycles. The van der Waals surface area contributed by atoms with Gasteiger partial charge in [-0.05, 0) is 6.07 Å². The molecule has 11 heavy (non-hydrogen) atoms. The van der Waals surface area contributed by atoms with Crippen LogP contribution in [0.15, 0.2) is 12.1 Å². The largest absolute Gasteiger partial charge is 0.396 e. The SMILES string of the molecule is NCc1cc(N)c(F)cc1F. The first kappa shape index (κ1) is 7.94. The molecule has 0 spiro atoms. The monoisotopic (exact) mass is 158 g/mol. The lowest BCUT2D eigenvalue weighted by Crippen LogP contribution is -2.02. The summed E-state index contributed by atoms with van der Waals surface area (Å²) in [6, 6.07) is 1.93. The lowest BCUT2D eigenvalue weighted by molar-refractivity contribution is 0.575. The van der Waals surface area contributed by atoms with Crippen molar-refractivity contribution in [1.29, 1.82) is 0 Å². The van der Waals surface area contributed by atoms with Crippen LogP contribution in [0.5, 0.6) is 0 Å². The summed E-state index contributed by atoms with van der Waals surface area (Å²) >= 11 is 0. The van der Waals surface area contributed by atoms with Crippen LogP contribution in [0.4, 0.5) is 14.5 Å². The second-order valence-electron chi connectivity index (χ2n) is 2.17. The summed E-state index contributed by atoms with van der Waals surface area (Å²) in [5.41, 5.74) is 10.5. The number of halogens is 2. The summed E-state index contributed by atoms with van der Waals surface area (Å²) in [6.07, 6.45) is 0. The maximum absolute atomic E-state index is 12.7. The first-order valence-corrected chi connectivity index (χ1v) is 3.08. The van der Waals surface area contributed by atoms with Crippen molar-refractivity contribution in [2.75, 3.05) is 5.73 Å². The van der Waals surface area contributed by atoms with Gasteiger partial charge in [0.05, 0.1) is 5.69 Å². The molecule has 0 aliphatic rings. The van der Waals surface area contributed by atoms with Gasteiger partial charge in [0.15, 0.2) is 0 Å². The van der Waals surface area contributed by atoms with Crippen LogP contribution in [0.1, 0.15) is 5.56 Å². The zero-order valence-corrected chi connectivity index (χ0v) is 5.77. The van der Waals surface area contributed by atoms with Gasteiger partial charge in [-0.15, -0.1) is 0 Å². The van der Waals surface area contributed by atoms with Crippen LogP contribution in [0, 0.1) is 11.6 Å². The fraction of sp³-hybridized carbons (Fsp3) is 0.143. The molecule has 60 valence electrons. The minimum absolute atomic E-state index is 0.0241. The Morgan fingerprint density at radius 1 is 1.18 bits per heavy atom. The smallest absolute Gasteiger partial charge is 0.149 e. The van der Waals surface area contributed by atoms with Crippen LogP contribution in [0.2, 0.25) is 0 Å². The summed E-state index contributed by atoms with van der Waals surface area (Å²) in [7, 11) is 0. The fourth-order valence-corrected chi connectivity index (χ4v) is 0.769. The first-order valence-electron chi connectivity index (χ1n) is 3.08. The maximum atomic E-state index is 12.7. The van der Waals surface area contributed by atoms with Gasteiger partial charge in [-0.2, -0.15) is 0 Å². The molecule has 0 aliphatic heterocycles. The van der Waals surface area contributed by atoms with Crippen molar-refractivity contribution in [3.05, 3.63) is 29.3 Å². The molecule has 0 heterocycles. The van der Waals surface area contributed by atoms with Crippen LogP contribution >= 0.6 is 0 Å². The number of benzene rings is 1. The van der Waals surface area contributed by atoms with E-state index in [1.165, 1.54) is 6.07 Å². The van der Waals surface area contributed by atoms with Gasteiger partial charge in [0.25, 0.3) is 0 Å². The van der Waals surface area contributed by atoms with Crippen molar-refractivity contribution in [2.24, 2.45) is 5.73 Å². The van der Waals surface area contributed by atoms with Crippen LogP contribution < -0.4 is 11.5 Å². The molecule has 0 amide bonds. The van der Waals surface area contributed by atoms with E-state index in [1.54, 1.807) is 0 Å². The Kier molecular flexibility index (Phi) is 2.05. The molecule has 1 rings (SSSR count). The average molecular weight is 158 g/mol. The Bertz CT molecular complexity index is 273. The predicted molar refractivity (Wildman–Crippen MR) is 38.7 cm³/mol. The van der Waals surface area contributed by atoms with Crippen LogP contribution in [0.25, 0.3) is 0 Å². The molecule has 2 nitrogen and oxygen atoms in total. The fourth-order valence-electron chi connectivity index (χ4n) is 0.769. The van der Waals surface area contributed by atoms with Gasteiger partial charge in [0, 0.05) is 18.2 Å². The predicted octanol–water partition coefficient (Wildman–Crippen LogP) is 1.01. The number of hydrogen-bond donors (Lipinski definition) is 2. The molecule has 0 unspecified atom stereocenters. The van der Waals surface area contributed by atoms with E-state index in [-0.39, 0.29) is 17.8 Å². The van der Waals surface area contributed by atoms with E-state index in [0.717, 1.165) is 6.07 Å². The standard InChI is InChI=1S/C7H8F2N2/c8-5-2-6(9)7(11)1-4(5)3-10/h1-2H,3,10-11H2. The molecule has 4 N–H and O–H groups in total. The summed E-state index contributed by atoms with van der Waals surface area (Å²) in [6.45, 7) is 0.0241. The van der Waals surface area contributed by atoms with E-state index in [4.69, 9.17) is 11.5 Å². The Hall–Kier alpha value is -1.16. The molecule has 1 aromatic carbocycles. The van der Waals surface area contributed by atoms with Crippen LogP contribution in [0.3, 0.4) is 0 Å². The van der Waals surface area contributed by atoms with E-state index in [1.807, 2.05) is 0 Å². The van der Waals surface area contributed by atoms with Gasteiger partial charge in [-0.3, -0.25) is 0 Å². The maximum Gasteiger partial charge on any atom is 0.149 e. The Morgan fingerprint density at radius 2 is 1.82 bits per heavy atom. The van der Waals surface area contributed by atoms with E-state index < -0.39 is 11.6 Å². The van der Waals surface area contributed by atoms with Crippen molar-refractivity contribution in [1.82, 2.24) is 0 Å². The molecule has 0 aliphatic carbocycles. The molecular weight excluding hydrogens is 150 g/mol. The van der Waals surface area contributed by atoms with Crippen molar-refractivity contribution < 1.29 is 8.78 Å². The van der Waals surface area contributed by atoms with E-state index >= 15 is 0 Å². The Morgan fingerprint density at radius 3 is 2.36 bits per heavy atom. The highest BCUT2D eigenvalue weighted by Crippen LogP contribution is 2.15. The number of rotatable bonds is 1. The molecule has 0 fully saturated rings. The highest BCUT2D eigenvalue weighted by Gasteiger charge is 2.05. The summed E-state index contributed by atoms with van der Waals surface area (Å²) < 4.78 is 25.1. The highest BCUT2D eigenvalue weighted by molar-refractivity contribution is 5.43. The molecule has 4 heteroatoms. The molecule has 0 bridgehead atoms. The Labute approximate surface area is 62.8 Å². The summed E-state index contributed by atoms with van der Waals surface area (Å²) in [5.74, 6) is -1.40. The average Bonchev–Trinajstić information content (AvgIpc) is 1.97. The number of nitrogens with two attached hydrogens (primary N) is 2. The highest BCUT2D eigenvalue weighted by atomic mass is 19.1. The third kappa shape index (κ3) is 1.46. The number of anilines is 1. The van der Waals surface area contributed by atoms with Crippen molar-refractivity contribution in [2.45, 2.75) is 6.54 Å². The molecule has 0 atom stereocenters. The van der Waals surface area contributed by atoms with E-state index in [2.05, 4.69) is 0 Å². The second kappa shape index (κ2) is 2.84. The normalized spacial score (nSPS) is 10.1. The number of hydrogen-bond acceptors (Lipinski definition) is 2. The van der Waals surface area contributed by atoms with Gasteiger partial charge < -0.3 is 11.5 Å². The first-order chi connectivity index (χ1) is 5.15. The van der Waals surface area contributed by atoms with Crippen LogP contribution in [-0.4, -0.2) is 0 Å². The molecule has 0 saturated heterocycles. The van der Waals surface area contributed by atoms with Crippen molar-refractivity contribution in [3.8, 4) is 0 Å². The third-order valence-corrected chi connectivity index (χ3v) is 1.39. The van der Waals surface area contributed by atoms with Crippen LogP contribution in [-0.2, 0) is 6.54 Å². The molecular formula is C7H8F2N2. The lowest BCUT2D eigenvalue weighted by atomic mass is 10.2. The van der Waals surface area contributed by atoms with Gasteiger partial charge in [-0.25, -0.2) is 8.78 Å². The van der Waals surface area contributed by atoms with E-state index in [0.29, 0.717) is 0 Å².